The van der Waals surface area contributed by atoms with Crippen LogP contribution in [0.4, 0.5) is 0 Å². The van der Waals surface area contributed by atoms with Gasteiger partial charge in [-0.2, -0.15) is 0 Å². The highest BCUT2D eigenvalue weighted by molar-refractivity contribution is 14.1. The summed E-state index contributed by atoms with van der Waals surface area (Å²) in [5.41, 5.74) is 1.24. The molecule has 6 heteroatoms. The van der Waals surface area contributed by atoms with E-state index in [-0.39, 0.29) is 0 Å². The topological polar surface area (TPSA) is 31.4 Å². The maximum atomic E-state index is 6.00. The van der Waals surface area contributed by atoms with Crippen LogP contribution in [0, 0.1) is 9.49 Å². The third-order valence-electron chi connectivity index (χ3n) is 3.58. The molecular formula is C17H18BrClINO2. The SMILES string of the molecule is CCC(COc1cnc(OC)cc1I)Cc1ccc(Cl)cc1Br. The first kappa shape index (κ1) is 18.8. The zero-order valence-corrected chi connectivity index (χ0v) is 17.5. The number of nitrogens with zero attached hydrogens (tertiary/aromatic N) is 1. The highest BCUT2D eigenvalue weighted by Crippen LogP contribution is 2.27. The lowest BCUT2D eigenvalue weighted by atomic mass is 9.98. The largest absolute Gasteiger partial charge is 0.491 e. The molecule has 0 amide bonds. The number of hydrogen-bond donors (Lipinski definition) is 0. The Balaban J connectivity index is 1.99. The molecule has 23 heavy (non-hydrogen) atoms. The van der Waals surface area contributed by atoms with Crippen molar-refractivity contribution < 1.29 is 9.47 Å². The minimum Gasteiger partial charge on any atom is -0.491 e. The van der Waals surface area contributed by atoms with Gasteiger partial charge < -0.3 is 9.47 Å². The van der Waals surface area contributed by atoms with E-state index in [0.717, 1.165) is 31.7 Å². The smallest absolute Gasteiger partial charge is 0.214 e. The fraction of sp³-hybridized carbons (Fsp3) is 0.353. The highest BCUT2D eigenvalue weighted by Gasteiger charge is 2.13. The zero-order valence-electron chi connectivity index (χ0n) is 13.0. The molecule has 0 radical (unpaired) electrons. The molecule has 1 heterocycles. The van der Waals surface area contributed by atoms with Gasteiger partial charge in [0.25, 0.3) is 0 Å². The van der Waals surface area contributed by atoms with Crippen LogP contribution in [-0.4, -0.2) is 18.7 Å². The Morgan fingerprint density at radius 1 is 1.35 bits per heavy atom. The second kappa shape index (κ2) is 9.08. The van der Waals surface area contributed by atoms with Crippen molar-refractivity contribution in [1.29, 1.82) is 0 Å². The van der Waals surface area contributed by atoms with Crippen LogP contribution in [0.3, 0.4) is 0 Å². The number of pyridine rings is 1. The minimum absolute atomic E-state index is 0.422. The molecule has 3 nitrogen and oxygen atoms in total. The number of methoxy groups -OCH3 is 1. The molecule has 2 aromatic rings. The molecule has 0 aliphatic heterocycles. The van der Waals surface area contributed by atoms with Crippen LogP contribution in [0.15, 0.2) is 34.9 Å². The first-order valence-corrected chi connectivity index (χ1v) is 9.54. The van der Waals surface area contributed by atoms with Crippen LogP contribution in [0.5, 0.6) is 11.6 Å². The third kappa shape index (κ3) is 5.50. The van der Waals surface area contributed by atoms with E-state index in [1.807, 2.05) is 18.2 Å². The molecule has 0 spiro atoms. The summed E-state index contributed by atoms with van der Waals surface area (Å²) in [4.78, 5) is 4.20. The standard InChI is InChI=1S/C17H18BrClINO2/c1-3-11(6-12-4-5-13(19)7-14(12)18)10-23-16-9-21-17(22-2)8-15(16)20/h4-5,7-9,11H,3,6,10H2,1-2H3. The van der Waals surface area contributed by atoms with Gasteiger partial charge in [0, 0.05) is 15.6 Å². The lowest BCUT2D eigenvalue weighted by molar-refractivity contribution is 0.240. The Kier molecular flexibility index (Phi) is 7.43. The zero-order chi connectivity index (χ0) is 16.8. The molecule has 0 aliphatic carbocycles. The lowest BCUT2D eigenvalue weighted by Gasteiger charge is -2.17. The van der Waals surface area contributed by atoms with E-state index in [4.69, 9.17) is 21.1 Å². The van der Waals surface area contributed by atoms with Gasteiger partial charge in [0.05, 0.1) is 23.5 Å². The lowest BCUT2D eigenvalue weighted by Crippen LogP contribution is -2.15. The fourth-order valence-electron chi connectivity index (χ4n) is 2.15. The van der Waals surface area contributed by atoms with Crippen LogP contribution in [0.1, 0.15) is 18.9 Å². The molecule has 1 aromatic carbocycles. The summed E-state index contributed by atoms with van der Waals surface area (Å²) in [6, 6.07) is 7.78. The van der Waals surface area contributed by atoms with Gasteiger partial charge in [0.2, 0.25) is 5.88 Å². The maximum absolute atomic E-state index is 6.00. The predicted molar refractivity (Wildman–Crippen MR) is 106 cm³/mol. The van der Waals surface area contributed by atoms with Gasteiger partial charge in [-0.05, 0) is 59.0 Å². The van der Waals surface area contributed by atoms with Crippen molar-refractivity contribution >= 4 is 50.1 Å². The van der Waals surface area contributed by atoms with Crippen molar-refractivity contribution in [2.75, 3.05) is 13.7 Å². The van der Waals surface area contributed by atoms with Crippen molar-refractivity contribution in [3.8, 4) is 11.6 Å². The summed E-state index contributed by atoms with van der Waals surface area (Å²) in [7, 11) is 1.61. The molecule has 1 atom stereocenters. The molecule has 2 rings (SSSR count). The van der Waals surface area contributed by atoms with E-state index in [1.54, 1.807) is 13.3 Å². The number of benzene rings is 1. The Morgan fingerprint density at radius 2 is 2.13 bits per heavy atom. The van der Waals surface area contributed by atoms with Crippen molar-refractivity contribution in [3.63, 3.8) is 0 Å². The Morgan fingerprint density at radius 3 is 2.74 bits per heavy atom. The molecule has 0 saturated carbocycles. The Labute approximate surface area is 164 Å². The van der Waals surface area contributed by atoms with Crippen LogP contribution in [0.2, 0.25) is 5.02 Å². The van der Waals surface area contributed by atoms with Gasteiger partial charge >= 0.3 is 0 Å². The summed E-state index contributed by atoms with van der Waals surface area (Å²) < 4.78 is 13.1. The number of rotatable bonds is 7. The highest BCUT2D eigenvalue weighted by atomic mass is 127. The molecule has 0 aliphatic rings. The normalized spacial score (nSPS) is 12.0. The van der Waals surface area contributed by atoms with Crippen molar-refractivity contribution in [2.24, 2.45) is 5.92 Å². The maximum Gasteiger partial charge on any atom is 0.214 e. The van der Waals surface area contributed by atoms with E-state index < -0.39 is 0 Å². The van der Waals surface area contributed by atoms with E-state index >= 15 is 0 Å². The second-order valence-corrected chi connectivity index (χ2v) is 7.64. The van der Waals surface area contributed by atoms with E-state index in [0.29, 0.717) is 18.4 Å². The summed E-state index contributed by atoms with van der Waals surface area (Å²) in [5.74, 6) is 1.81. The van der Waals surface area contributed by atoms with Crippen molar-refractivity contribution in [3.05, 3.63) is 49.1 Å². The first-order valence-electron chi connectivity index (χ1n) is 7.29. The fourth-order valence-corrected chi connectivity index (χ4v) is 3.55. The van der Waals surface area contributed by atoms with Gasteiger partial charge in [-0.3, -0.25) is 0 Å². The average Bonchev–Trinajstić information content (AvgIpc) is 2.54. The second-order valence-electron chi connectivity index (χ2n) is 5.18. The molecule has 124 valence electrons. The van der Waals surface area contributed by atoms with Crippen LogP contribution < -0.4 is 9.47 Å². The molecule has 0 N–H and O–H groups in total. The van der Waals surface area contributed by atoms with Gasteiger partial charge in [-0.15, -0.1) is 0 Å². The van der Waals surface area contributed by atoms with E-state index in [1.165, 1.54) is 5.56 Å². The Bertz CT molecular complexity index is 669. The molecule has 1 unspecified atom stereocenters. The molecule has 0 saturated heterocycles. The number of halogens is 3. The Hall–Kier alpha value is -0.530. The van der Waals surface area contributed by atoms with Crippen LogP contribution in [-0.2, 0) is 6.42 Å². The van der Waals surface area contributed by atoms with Crippen LogP contribution in [0.25, 0.3) is 0 Å². The van der Waals surface area contributed by atoms with Crippen molar-refractivity contribution in [1.82, 2.24) is 4.98 Å². The first-order chi connectivity index (χ1) is 11.0. The van der Waals surface area contributed by atoms with E-state index in [2.05, 4.69) is 56.5 Å². The average molecular weight is 511 g/mol. The number of aromatic nitrogens is 1. The van der Waals surface area contributed by atoms with Crippen LogP contribution >= 0.6 is 50.1 Å². The predicted octanol–water partition coefficient (Wildman–Crippen LogP) is 5.76. The number of hydrogen-bond acceptors (Lipinski definition) is 3. The minimum atomic E-state index is 0.422. The van der Waals surface area contributed by atoms with E-state index in [9.17, 15) is 0 Å². The molecule has 0 bridgehead atoms. The van der Waals surface area contributed by atoms with Gasteiger partial charge in [0.1, 0.15) is 0 Å². The molecular weight excluding hydrogens is 492 g/mol. The summed E-state index contributed by atoms with van der Waals surface area (Å²) in [5, 5.41) is 0.740. The quantitative estimate of drug-likeness (QED) is 0.444. The third-order valence-corrected chi connectivity index (χ3v) is 5.40. The van der Waals surface area contributed by atoms with Gasteiger partial charge in [-0.1, -0.05) is 40.5 Å². The van der Waals surface area contributed by atoms with Crippen molar-refractivity contribution in [2.45, 2.75) is 19.8 Å². The summed E-state index contributed by atoms with van der Waals surface area (Å²) in [6.45, 7) is 2.82. The van der Waals surface area contributed by atoms with Gasteiger partial charge in [0.15, 0.2) is 5.75 Å². The monoisotopic (exact) mass is 509 g/mol. The van der Waals surface area contributed by atoms with Gasteiger partial charge in [-0.25, -0.2) is 4.98 Å². The summed E-state index contributed by atoms with van der Waals surface area (Å²) in [6.07, 6.45) is 3.69. The number of ether oxygens (including phenoxy) is 2. The molecule has 0 fully saturated rings. The summed E-state index contributed by atoms with van der Waals surface area (Å²) >= 11 is 11.8. The molecule has 1 aromatic heterocycles.